The lowest BCUT2D eigenvalue weighted by Gasteiger charge is -2.23. The number of hydrogen-bond donors (Lipinski definition) is 2. The van der Waals surface area contributed by atoms with E-state index in [1.54, 1.807) is 42.5 Å². The molecule has 0 saturated heterocycles. The Morgan fingerprint density at radius 3 is 1.93 bits per heavy atom. The van der Waals surface area contributed by atoms with Crippen molar-refractivity contribution in [1.82, 2.24) is 0 Å². The lowest BCUT2D eigenvalue weighted by Crippen LogP contribution is -2.41. The number of benzene rings is 2. The van der Waals surface area contributed by atoms with Crippen LogP contribution in [0.3, 0.4) is 0 Å². The van der Waals surface area contributed by atoms with Crippen LogP contribution in [0.4, 0.5) is 11.4 Å². The molecule has 0 bridgehead atoms. The molecule has 2 rings (SSSR count). The standard InChI is InChI=1S/C20H21N3O4/c1-20(2,18(24)22-14-7-5-13(12-21)6-8-14)19(25)23-15-9-10-16(26-3)17(11-15)27-4/h5-11H,1-4H3,(H,22,24)(H,23,25). The molecule has 140 valence electrons. The average Bonchev–Trinajstić information content (AvgIpc) is 2.68. The van der Waals surface area contributed by atoms with Gasteiger partial charge < -0.3 is 20.1 Å². The molecule has 0 aromatic heterocycles. The van der Waals surface area contributed by atoms with Gasteiger partial charge in [0.15, 0.2) is 11.5 Å². The molecule has 2 N–H and O–H groups in total. The Morgan fingerprint density at radius 1 is 0.889 bits per heavy atom. The predicted octanol–water partition coefficient (Wildman–Crippen LogP) is 3.18. The van der Waals surface area contributed by atoms with Crippen molar-refractivity contribution in [2.75, 3.05) is 24.9 Å². The highest BCUT2D eigenvalue weighted by Crippen LogP contribution is 2.30. The van der Waals surface area contributed by atoms with E-state index in [1.807, 2.05) is 6.07 Å². The summed E-state index contributed by atoms with van der Waals surface area (Å²) in [6, 6.07) is 13.3. The predicted molar refractivity (Wildman–Crippen MR) is 102 cm³/mol. The molecule has 0 aliphatic carbocycles. The van der Waals surface area contributed by atoms with Gasteiger partial charge in [0.2, 0.25) is 11.8 Å². The minimum atomic E-state index is -1.33. The first-order chi connectivity index (χ1) is 12.8. The van der Waals surface area contributed by atoms with Crippen LogP contribution < -0.4 is 20.1 Å². The van der Waals surface area contributed by atoms with E-state index in [2.05, 4.69) is 10.6 Å². The van der Waals surface area contributed by atoms with E-state index in [0.29, 0.717) is 28.4 Å². The normalized spacial score (nSPS) is 10.5. The summed E-state index contributed by atoms with van der Waals surface area (Å²) in [7, 11) is 3.02. The third kappa shape index (κ3) is 4.55. The number of ether oxygens (including phenoxy) is 2. The average molecular weight is 367 g/mol. The van der Waals surface area contributed by atoms with Crippen molar-refractivity contribution in [2.45, 2.75) is 13.8 Å². The van der Waals surface area contributed by atoms with Crippen LogP contribution in [0, 0.1) is 16.7 Å². The largest absolute Gasteiger partial charge is 0.493 e. The molecule has 7 heteroatoms. The van der Waals surface area contributed by atoms with Crippen molar-refractivity contribution >= 4 is 23.2 Å². The summed E-state index contributed by atoms with van der Waals surface area (Å²) in [6.45, 7) is 3.06. The van der Waals surface area contributed by atoms with E-state index in [1.165, 1.54) is 28.1 Å². The molecular formula is C20H21N3O4. The SMILES string of the molecule is COc1ccc(NC(=O)C(C)(C)C(=O)Nc2ccc(C#N)cc2)cc1OC. The Morgan fingerprint density at radius 2 is 1.41 bits per heavy atom. The Hall–Kier alpha value is -3.53. The van der Waals surface area contributed by atoms with Gasteiger partial charge in [-0.25, -0.2) is 0 Å². The summed E-state index contributed by atoms with van der Waals surface area (Å²) in [4.78, 5) is 25.2. The molecule has 0 heterocycles. The molecular weight excluding hydrogens is 346 g/mol. The number of rotatable bonds is 6. The molecule has 2 aromatic carbocycles. The summed E-state index contributed by atoms with van der Waals surface area (Å²) in [5.74, 6) is 0.0644. The number of hydrogen-bond acceptors (Lipinski definition) is 5. The van der Waals surface area contributed by atoms with Gasteiger partial charge in [0.25, 0.3) is 0 Å². The van der Waals surface area contributed by atoms with E-state index in [4.69, 9.17) is 14.7 Å². The Balaban J connectivity index is 2.11. The van der Waals surface area contributed by atoms with E-state index in [-0.39, 0.29) is 0 Å². The molecule has 0 radical (unpaired) electrons. The zero-order valence-electron chi connectivity index (χ0n) is 15.6. The maximum absolute atomic E-state index is 12.6. The molecule has 2 aromatic rings. The zero-order valence-corrected chi connectivity index (χ0v) is 15.6. The van der Waals surface area contributed by atoms with E-state index in [0.717, 1.165) is 0 Å². The van der Waals surface area contributed by atoms with Crippen LogP contribution in [0.15, 0.2) is 42.5 Å². The number of methoxy groups -OCH3 is 2. The van der Waals surface area contributed by atoms with E-state index in [9.17, 15) is 9.59 Å². The minimum absolute atomic E-state index is 0.467. The van der Waals surface area contributed by atoms with Gasteiger partial charge in [-0.05, 0) is 50.2 Å². The number of carbonyl (C=O) groups is 2. The Kier molecular flexibility index (Phi) is 6.03. The van der Waals surface area contributed by atoms with Crippen LogP contribution in [-0.2, 0) is 9.59 Å². The monoisotopic (exact) mass is 367 g/mol. The number of amides is 2. The van der Waals surface area contributed by atoms with Gasteiger partial charge in [-0.1, -0.05) is 0 Å². The fraction of sp³-hybridized carbons (Fsp3) is 0.250. The highest BCUT2D eigenvalue weighted by atomic mass is 16.5. The topological polar surface area (TPSA) is 100 Å². The number of nitriles is 1. The summed E-state index contributed by atoms with van der Waals surface area (Å²) in [5, 5.41) is 14.2. The van der Waals surface area contributed by atoms with Gasteiger partial charge in [-0.2, -0.15) is 5.26 Å². The second-order valence-electron chi connectivity index (χ2n) is 6.29. The molecule has 7 nitrogen and oxygen atoms in total. The molecule has 0 unspecified atom stereocenters. The molecule has 0 saturated carbocycles. The molecule has 0 aliphatic rings. The molecule has 2 amide bonds. The van der Waals surface area contributed by atoms with Gasteiger partial charge >= 0.3 is 0 Å². The smallest absolute Gasteiger partial charge is 0.239 e. The lowest BCUT2D eigenvalue weighted by molar-refractivity contribution is -0.135. The van der Waals surface area contributed by atoms with E-state index >= 15 is 0 Å². The van der Waals surface area contributed by atoms with Crippen LogP contribution in [0.5, 0.6) is 11.5 Å². The van der Waals surface area contributed by atoms with Gasteiger partial charge in [0, 0.05) is 17.4 Å². The third-order valence-corrected chi connectivity index (χ3v) is 4.05. The van der Waals surface area contributed by atoms with Crippen LogP contribution in [-0.4, -0.2) is 26.0 Å². The van der Waals surface area contributed by atoms with Gasteiger partial charge in [0.05, 0.1) is 25.9 Å². The third-order valence-electron chi connectivity index (χ3n) is 4.05. The first-order valence-corrected chi connectivity index (χ1v) is 8.17. The second kappa shape index (κ2) is 8.23. The van der Waals surface area contributed by atoms with Crippen molar-refractivity contribution in [2.24, 2.45) is 5.41 Å². The fourth-order valence-electron chi connectivity index (χ4n) is 2.22. The number of nitrogens with zero attached hydrogens (tertiary/aromatic N) is 1. The first kappa shape index (κ1) is 19.8. The van der Waals surface area contributed by atoms with Crippen LogP contribution in [0.25, 0.3) is 0 Å². The lowest BCUT2D eigenvalue weighted by atomic mass is 9.90. The van der Waals surface area contributed by atoms with Crippen LogP contribution in [0.2, 0.25) is 0 Å². The van der Waals surface area contributed by atoms with Crippen molar-refractivity contribution in [1.29, 1.82) is 5.26 Å². The van der Waals surface area contributed by atoms with Crippen molar-refractivity contribution in [3.05, 3.63) is 48.0 Å². The zero-order chi connectivity index (χ0) is 20.0. The van der Waals surface area contributed by atoms with Crippen molar-refractivity contribution in [3.8, 4) is 17.6 Å². The summed E-state index contributed by atoms with van der Waals surface area (Å²) in [5.41, 5.74) is 0.141. The number of carbonyl (C=O) groups excluding carboxylic acids is 2. The summed E-state index contributed by atoms with van der Waals surface area (Å²) < 4.78 is 10.4. The number of nitrogens with one attached hydrogen (secondary N) is 2. The fourth-order valence-corrected chi connectivity index (χ4v) is 2.22. The van der Waals surface area contributed by atoms with Gasteiger partial charge in [0.1, 0.15) is 5.41 Å². The quantitative estimate of drug-likeness (QED) is 0.764. The number of anilines is 2. The minimum Gasteiger partial charge on any atom is -0.493 e. The molecule has 0 spiro atoms. The van der Waals surface area contributed by atoms with Crippen LogP contribution >= 0.6 is 0 Å². The van der Waals surface area contributed by atoms with E-state index < -0.39 is 17.2 Å². The molecule has 27 heavy (non-hydrogen) atoms. The van der Waals surface area contributed by atoms with Crippen molar-refractivity contribution < 1.29 is 19.1 Å². The van der Waals surface area contributed by atoms with Crippen LogP contribution in [0.1, 0.15) is 19.4 Å². The highest BCUT2D eigenvalue weighted by molar-refractivity contribution is 6.14. The molecule has 0 atom stereocenters. The van der Waals surface area contributed by atoms with Crippen molar-refractivity contribution in [3.63, 3.8) is 0 Å². The maximum atomic E-state index is 12.6. The Labute approximate surface area is 157 Å². The van der Waals surface area contributed by atoms with Gasteiger partial charge in [-0.15, -0.1) is 0 Å². The Bertz CT molecular complexity index is 883. The molecule has 0 fully saturated rings. The molecule has 0 aliphatic heterocycles. The second-order valence-corrected chi connectivity index (χ2v) is 6.29. The first-order valence-electron chi connectivity index (χ1n) is 8.17. The summed E-state index contributed by atoms with van der Waals surface area (Å²) in [6.07, 6.45) is 0. The highest BCUT2D eigenvalue weighted by Gasteiger charge is 2.36. The summed E-state index contributed by atoms with van der Waals surface area (Å²) >= 11 is 0. The van der Waals surface area contributed by atoms with Gasteiger partial charge in [-0.3, -0.25) is 9.59 Å². The maximum Gasteiger partial charge on any atom is 0.239 e.